The predicted octanol–water partition coefficient (Wildman–Crippen LogP) is 2.92. The Hall–Kier alpha value is -1.27. The highest BCUT2D eigenvalue weighted by atomic mass is 19.4. The second kappa shape index (κ2) is 7.35. The third-order valence-corrected chi connectivity index (χ3v) is 2.68. The Morgan fingerprint density at radius 1 is 1.21 bits per heavy atom. The van der Waals surface area contributed by atoms with Crippen molar-refractivity contribution in [3.05, 3.63) is 29.8 Å². The summed E-state index contributed by atoms with van der Waals surface area (Å²) in [7, 11) is 3.31. The van der Waals surface area contributed by atoms with Gasteiger partial charge in [0.2, 0.25) is 0 Å². The summed E-state index contributed by atoms with van der Waals surface area (Å²) in [5, 5.41) is 3.01. The van der Waals surface area contributed by atoms with Gasteiger partial charge < -0.3 is 14.8 Å². The minimum absolute atomic E-state index is 0.140. The van der Waals surface area contributed by atoms with Crippen molar-refractivity contribution in [1.29, 1.82) is 0 Å². The number of likely N-dealkylation sites (N-methyl/N-ethyl adjacent to an activating group) is 1. The second-order valence-corrected chi connectivity index (χ2v) is 4.05. The van der Waals surface area contributed by atoms with Crippen LogP contribution in [0.15, 0.2) is 24.3 Å². The van der Waals surface area contributed by atoms with E-state index in [4.69, 9.17) is 9.47 Å². The molecule has 0 fully saturated rings. The van der Waals surface area contributed by atoms with Crippen molar-refractivity contribution in [3.8, 4) is 5.75 Å². The van der Waals surface area contributed by atoms with Crippen LogP contribution in [0, 0.1) is 0 Å². The predicted molar refractivity (Wildman–Crippen MR) is 66.3 cm³/mol. The maximum atomic E-state index is 12.0. The molecule has 0 heterocycles. The summed E-state index contributed by atoms with van der Waals surface area (Å²) < 4.78 is 46.0. The largest absolute Gasteiger partial charge is 0.497 e. The summed E-state index contributed by atoms with van der Waals surface area (Å²) in [5.74, 6) is 0.733. The molecule has 0 aliphatic rings. The molecule has 0 aliphatic carbocycles. The van der Waals surface area contributed by atoms with Crippen molar-refractivity contribution in [2.24, 2.45) is 0 Å². The van der Waals surface area contributed by atoms with Crippen molar-refractivity contribution in [2.75, 3.05) is 27.4 Å². The van der Waals surface area contributed by atoms with Gasteiger partial charge >= 0.3 is 6.18 Å². The highest BCUT2D eigenvalue weighted by Gasteiger charge is 2.26. The molecular formula is C13H18F3NO2. The van der Waals surface area contributed by atoms with Crippen molar-refractivity contribution < 1.29 is 22.6 Å². The Kier molecular flexibility index (Phi) is 6.11. The van der Waals surface area contributed by atoms with E-state index in [0.29, 0.717) is 0 Å². The lowest BCUT2D eigenvalue weighted by Crippen LogP contribution is -2.23. The number of rotatable bonds is 7. The molecular weight excluding hydrogens is 259 g/mol. The molecule has 1 N–H and O–H groups in total. The summed E-state index contributed by atoms with van der Waals surface area (Å²) in [6.45, 7) is -0.128. The Bertz CT molecular complexity index is 365. The minimum Gasteiger partial charge on any atom is -0.497 e. The molecule has 0 amide bonds. The first-order chi connectivity index (χ1) is 8.96. The first-order valence-electron chi connectivity index (χ1n) is 5.92. The number of hydrogen-bond acceptors (Lipinski definition) is 3. The number of ether oxygens (including phenoxy) is 2. The molecule has 1 rings (SSSR count). The zero-order chi connectivity index (χ0) is 14.3. The van der Waals surface area contributed by atoms with Crippen molar-refractivity contribution >= 4 is 0 Å². The molecule has 19 heavy (non-hydrogen) atoms. The van der Waals surface area contributed by atoms with E-state index in [1.54, 1.807) is 26.3 Å². The van der Waals surface area contributed by atoms with Gasteiger partial charge in [0.05, 0.1) is 32.8 Å². The van der Waals surface area contributed by atoms with E-state index in [2.05, 4.69) is 5.32 Å². The number of halogens is 3. The molecule has 0 saturated carbocycles. The lowest BCUT2D eigenvalue weighted by molar-refractivity contribution is -0.145. The van der Waals surface area contributed by atoms with Crippen LogP contribution in [-0.2, 0) is 4.74 Å². The Balaban J connectivity index is 2.44. The zero-order valence-corrected chi connectivity index (χ0v) is 11.0. The molecule has 1 aromatic carbocycles. The number of alkyl halides is 3. The maximum Gasteiger partial charge on any atom is 0.391 e. The molecule has 0 radical (unpaired) electrons. The Morgan fingerprint density at radius 2 is 1.84 bits per heavy atom. The van der Waals surface area contributed by atoms with Gasteiger partial charge in [-0.25, -0.2) is 0 Å². The van der Waals surface area contributed by atoms with Crippen LogP contribution in [0.1, 0.15) is 18.0 Å². The molecule has 3 nitrogen and oxygen atoms in total. The van der Waals surface area contributed by atoms with Crippen molar-refractivity contribution in [1.82, 2.24) is 5.32 Å². The van der Waals surface area contributed by atoms with E-state index in [1.807, 2.05) is 12.1 Å². The fourth-order valence-corrected chi connectivity index (χ4v) is 1.57. The van der Waals surface area contributed by atoms with Crippen LogP contribution in [0.25, 0.3) is 0 Å². The second-order valence-electron chi connectivity index (χ2n) is 4.05. The molecule has 0 saturated heterocycles. The maximum absolute atomic E-state index is 12.0. The number of methoxy groups -OCH3 is 1. The molecule has 0 aromatic heterocycles. The van der Waals surface area contributed by atoms with Gasteiger partial charge in [-0.3, -0.25) is 0 Å². The normalized spacial score (nSPS) is 13.3. The van der Waals surface area contributed by atoms with Gasteiger partial charge in [-0.05, 0) is 24.7 Å². The van der Waals surface area contributed by atoms with Crippen LogP contribution in [-0.4, -0.2) is 33.5 Å². The first-order valence-corrected chi connectivity index (χ1v) is 5.92. The number of nitrogens with one attached hydrogen (secondary N) is 1. The van der Waals surface area contributed by atoms with Gasteiger partial charge in [-0.1, -0.05) is 12.1 Å². The zero-order valence-electron chi connectivity index (χ0n) is 11.0. The van der Waals surface area contributed by atoms with E-state index in [-0.39, 0.29) is 19.3 Å². The molecule has 1 aromatic rings. The van der Waals surface area contributed by atoms with Crippen molar-refractivity contribution in [2.45, 2.75) is 18.6 Å². The molecule has 0 bridgehead atoms. The van der Waals surface area contributed by atoms with Crippen LogP contribution in [0.2, 0.25) is 0 Å². The van der Waals surface area contributed by atoms with Crippen LogP contribution in [0.4, 0.5) is 13.2 Å². The van der Waals surface area contributed by atoms with E-state index < -0.39 is 12.6 Å². The monoisotopic (exact) mass is 277 g/mol. The van der Waals surface area contributed by atoms with Gasteiger partial charge in [-0.2, -0.15) is 13.2 Å². The lowest BCUT2D eigenvalue weighted by atomic mass is 10.1. The fraction of sp³-hybridized carbons (Fsp3) is 0.538. The molecule has 6 heteroatoms. The number of hydrogen-bond donors (Lipinski definition) is 1. The van der Waals surface area contributed by atoms with E-state index in [0.717, 1.165) is 11.3 Å². The highest BCUT2D eigenvalue weighted by molar-refractivity contribution is 5.29. The smallest absolute Gasteiger partial charge is 0.391 e. The standard InChI is InChI=1S/C13H18F3NO2/c1-17-12(9-19-8-7-13(14,15)16)10-3-5-11(18-2)6-4-10/h3-6,12,17H,7-9H2,1-2H3. The minimum atomic E-state index is -4.17. The summed E-state index contributed by atoms with van der Waals surface area (Å²) in [5.41, 5.74) is 0.940. The van der Waals surface area contributed by atoms with Gasteiger partial charge in [-0.15, -0.1) is 0 Å². The molecule has 0 aliphatic heterocycles. The Morgan fingerprint density at radius 3 is 2.32 bits per heavy atom. The van der Waals surface area contributed by atoms with E-state index >= 15 is 0 Å². The Labute approximate surface area is 110 Å². The van der Waals surface area contributed by atoms with Crippen LogP contribution >= 0.6 is 0 Å². The molecule has 1 unspecified atom stereocenters. The lowest BCUT2D eigenvalue weighted by Gasteiger charge is -2.17. The van der Waals surface area contributed by atoms with Gasteiger partial charge in [0, 0.05) is 0 Å². The average molecular weight is 277 g/mol. The quantitative estimate of drug-likeness (QED) is 0.777. The fourth-order valence-electron chi connectivity index (χ4n) is 1.57. The summed E-state index contributed by atoms with van der Waals surface area (Å²) in [6, 6.07) is 7.17. The SMILES string of the molecule is CNC(COCCC(F)(F)F)c1ccc(OC)cc1. The first kappa shape index (κ1) is 15.8. The van der Waals surface area contributed by atoms with E-state index in [1.165, 1.54) is 0 Å². The third kappa shape index (κ3) is 5.94. The van der Waals surface area contributed by atoms with Crippen LogP contribution in [0.3, 0.4) is 0 Å². The molecule has 1 atom stereocenters. The van der Waals surface area contributed by atoms with E-state index in [9.17, 15) is 13.2 Å². The van der Waals surface area contributed by atoms with Crippen LogP contribution < -0.4 is 10.1 Å². The summed E-state index contributed by atoms with van der Waals surface area (Å²) >= 11 is 0. The summed E-state index contributed by atoms with van der Waals surface area (Å²) in [4.78, 5) is 0. The molecule has 0 spiro atoms. The van der Waals surface area contributed by atoms with Gasteiger partial charge in [0.1, 0.15) is 5.75 Å². The highest BCUT2D eigenvalue weighted by Crippen LogP contribution is 2.20. The summed E-state index contributed by atoms with van der Waals surface area (Å²) in [6.07, 6.45) is -5.10. The molecule has 108 valence electrons. The number of benzene rings is 1. The average Bonchev–Trinajstić information content (AvgIpc) is 2.38. The third-order valence-electron chi connectivity index (χ3n) is 2.68. The van der Waals surface area contributed by atoms with Gasteiger partial charge in [0.25, 0.3) is 0 Å². The van der Waals surface area contributed by atoms with Gasteiger partial charge in [0.15, 0.2) is 0 Å². The topological polar surface area (TPSA) is 30.5 Å². The van der Waals surface area contributed by atoms with Crippen LogP contribution in [0.5, 0.6) is 5.75 Å². The van der Waals surface area contributed by atoms with Crippen molar-refractivity contribution in [3.63, 3.8) is 0 Å².